The van der Waals surface area contributed by atoms with Gasteiger partial charge in [0.1, 0.15) is 11.4 Å². The largest absolute Gasteiger partial charge is 0.421 e. The van der Waals surface area contributed by atoms with Crippen LogP contribution in [0.1, 0.15) is 49.8 Å². The van der Waals surface area contributed by atoms with Gasteiger partial charge in [-0.15, -0.1) is 0 Å². The zero-order chi connectivity index (χ0) is 21.7. The number of anilines is 4. The van der Waals surface area contributed by atoms with Crippen LogP contribution in [-0.2, 0) is 12.6 Å². The van der Waals surface area contributed by atoms with Gasteiger partial charge in [-0.25, -0.2) is 4.98 Å². The van der Waals surface area contributed by atoms with Gasteiger partial charge in [-0.2, -0.15) is 18.2 Å². The molecule has 4 nitrogen and oxygen atoms in total. The lowest BCUT2D eigenvalue weighted by atomic mass is 9.98. The summed E-state index contributed by atoms with van der Waals surface area (Å²) in [5.74, 6) is 0.113. The third-order valence-electron chi connectivity index (χ3n) is 5.04. The number of nitrogens with one attached hydrogen (secondary N) is 2. The van der Waals surface area contributed by atoms with E-state index < -0.39 is 11.7 Å². The van der Waals surface area contributed by atoms with Crippen molar-refractivity contribution in [3.8, 4) is 0 Å². The zero-order valence-electron chi connectivity index (χ0n) is 17.2. The molecule has 3 rings (SSSR count). The van der Waals surface area contributed by atoms with Crippen LogP contribution in [0.25, 0.3) is 0 Å². The number of alkyl halides is 3. The summed E-state index contributed by atoms with van der Waals surface area (Å²) >= 11 is 0. The van der Waals surface area contributed by atoms with Gasteiger partial charge in [-0.1, -0.05) is 45.0 Å². The normalized spacial score (nSPS) is 12.5. The second kappa shape index (κ2) is 9.15. The summed E-state index contributed by atoms with van der Waals surface area (Å²) in [5, 5.41) is 5.80. The molecule has 1 aromatic heterocycles. The van der Waals surface area contributed by atoms with Crippen LogP contribution in [-0.4, -0.2) is 9.97 Å². The molecule has 0 aliphatic rings. The third kappa shape index (κ3) is 5.28. The van der Waals surface area contributed by atoms with Gasteiger partial charge in [0.25, 0.3) is 0 Å². The average Bonchev–Trinajstić information content (AvgIpc) is 2.73. The molecular formula is C23H25F3N4. The Labute approximate surface area is 174 Å². The van der Waals surface area contributed by atoms with E-state index in [9.17, 15) is 13.2 Å². The summed E-state index contributed by atoms with van der Waals surface area (Å²) in [6.45, 7) is 6.20. The molecule has 1 heterocycles. The van der Waals surface area contributed by atoms with E-state index >= 15 is 0 Å². The predicted molar refractivity (Wildman–Crippen MR) is 115 cm³/mol. The van der Waals surface area contributed by atoms with Gasteiger partial charge in [0.15, 0.2) is 0 Å². The lowest BCUT2D eigenvalue weighted by Gasteiger charge is -2.16. The Hall–Kier alpha value is -3.09. The van der Waals surface area contributed by atoms with Gasteiger partial charge in [-0.05, 0) is 54.2 Å². The monoisotopic (exact) mass is 414 g/mol. The van der Waals surface area contributed by atoms with E-state index in [2.05, 4.69) is 41.4 Å². The molecule has 30 heavy (non-hydrogen) atoms. The minimum Gasteiger partial charge on any atom is -0.340 e. The van der Waals surface area contributed by atoms with Crippen LogP contribution in [0.3, 0.4) is 0 Å². The summed E-state index contributed by atoms with van der Waals surface area (Å²) in [6.07, 6.45) is -1.93. The van der Waals surface area contributed by atoms with Gasteiger partial charge in [0, 0.05) is 17.6 Å². The van der Waals surface area contributed by atoms with Gasteiger partial charge in [0.05, 0.1) is 0 Å². The maximum Gasteiger partial charge on any atom is 0.421 e. The quantitative estimate of drug-likeness (QED) is 0.435. The maximum atomic E-state index is 13.5. The van der Waals surface area contributed by atoms with Crippen molar-refractivity contribution >= 4 is 23.1 Å². The summed E-state index contributed by atoms with van der Waals surface area (Å²) in [7, 11) is 0. The predicted octanol–water partition coefficient (Wildman–Crippen LogP) is 7.06. The molecule has 0 aliphatic carbocycles. The fraction of sp³-hybridized carbons (Fsp3) is 0.304. The molecule has 0 saturated carbocycles. The molecule has 7 heteroatoms. The van der Waals surface area contributed by atoms with E-state index in [-0.39, 0.29) is 11.8 Å². The minimum atomic E-state index is -4.57. The van der Waals surface area contributed by atoms with Crippen molar-refractivity contribution in [2.75, 3.05) is 10.6 Å². The summed E-state index contributed by atoms with van der Waals surface area (Å²) in [5.41, 5.74) is 2.56. The molecule has 158 valence electrons. The highest BCUT2D eigenvalue weighted by Crippen LogP contribution is 2.35. The van der Waals surface area contributed by atoms with E-state index in [0.29, 0.717) is 17.3 Å². The van der Waals surface area contributed by atoms with E-state index in [1.165, 1.54) is 0 Å². The molecular weight excluding hydrogens is 389 g/mol. The summed E-state index contributed by atoms with van der Waals surface area (Å²) in [4.78, 5) is 7.98. The van der Waals surface area contributed by atoms with Gasteiger partial charge in [-0.3, -0.25) is 0 Å². The highest BCUT2D eigenvalue weighted by molar-refractivity contribution is 5.63. The van der Waals surface area contributed by atoms with Crippen LogP contribution in [0.4, 0.5) is 36.3 Å². The van der Waals surface area contributed by atoms with Crippen molar-refractivity contribution in [3.63, 3.8) is 0 Å². The summed E-state index contributed by atoms with van der Waals surface area (Å²) in [6, 6.07) is 15.0. The Kier molecular flexibility index (Phi) is 6.59. The molecule has 0 radical (unpaired) electrons. The number of aryl methyl sites for hydroxylation is 1. The number of aromatic nitrogens is 2. The second-order valence-electron chi connectivity index (χ2n) is 7.19. The molecule has 3 aromatic rings. The number of nitrogens with zero attached hydrogens (tertiary/aromatic N) is 2. The first-order chi connectivity index (χ1) is 14.3. The SMILES string of the molecule is CCc1ccc(Nc2ncc(C(F)(F)F)c(Nc3cccc(C(C)CC)c3)n2)cc1. The van der Waals surface area contributed by atoms with E-state index in [0.717, 1.165) is 30.2 Å². The molecule has 0 aliphatic heterocycles. The van der Waals surface area contributed by atoms with Crippen molar-refractivity contribution in [2.45, 2.75) is 45.7 Å². The van der Waals surface area contributed by atoms with Gasteiger partial charge in [0.2, 0.25) is 5.95 Å². The lowest BCUT2D eigenvalue weighted by molar-refractivity contribution is -0.137. The maximum absolute atomic E-state index is 13.5. The number of hydrogen-bond acceptors (Lipinski definition) is 4. The van der Waals surface area contributed by atoms with Crippen LogP contribution in [0.2, 0.25) is 0 Å². The van der Waals surface area contributed by atoms with Crippen molar-refractivity contribution < 1.29 is 13.2 Å². The first kappa shape index (κ1) is 21.6. The number of benzene rings is 2. The highest BCUT2D eigenvalue weighted by Gasteiger charge is 2.35. The Balaban J connectivity index is 1.91. The Bertz CT molecular complexity index is 984. The molecule has 2 aromatic carbocycles. The second-order valence-corrected chi connectivity index (χ2v) is 7.19. The molecule has 0 bridgehead atoms. The molecule has 0 spiro atoms. The Morgan fingerprint density at radius 3 is 2.33 bits per heavy atom. The highest BCUT2D eigenvalue weighted by atomic mass is 19.4. The average molecular weight is 414 g/mol. The first-order valence-electron chi connectivity index (χ1n) is 9.97. The number of halogens is 3. The standard InChI is InChI=1S/C23H25F3N4/c1-4-15(3)17-7-6-8-19(13-17)28-21-20(23(24,25)26)14-27-22(30-21)29-18-11-9-16(5-2)10-12-18/h6-15H,4-5H2,1-3H3,(H2,27,28,29,30). The van der Waals surface area contributed by atoms with Crippen LogP contribution in [0.15, 0.2) is 54.7 Å². The topological polar surface area (TPSA) is 49.8 Å². The molecule has 0 fully saturated rings. The van der Waals surface area contributed by atoms with Crippen LogP contribution in [0, 0.1) is 0 Å². The van der Waals surface area contributed by atoms with Crippen molar-refractivity contribution in [1.29, 1.82) is 0 Å². The van der Waals surface area contributed by atoms with Crippen molar-refractivity contribution in [1.82, 2.24) is 9.97 Å². The van der Waals surface area contributed by atoms with Crippen molar-refractivity contribution in [3.05, 3.63) is 71.4 Å². The minimum absolute atomic E-state index is 0.0906. The van der Waals surface area contributed by atoms with Crippen LogP contribution < -0.4 is 10.6 Å². The lowest BCUT2D eigenvalue weighted by Crippen LogP contribution is -2.12. The molecule has 0 saturated heterocycles. The Morgan fingerprint density at radius 2 is 1.70 bits per heavy atom. The summed E-state index contributed by atoms with van der Waals surface area (Å²) < 4.78 is 40.5. The fourth-order valence-corrected chi connectivity index (χ4v) is 2.99. The third-order valence-corrected chi connectivity index (χ3v) is 5.04. The molecule has 1 atom stereocenters. The zero-order valence-corrected chi connectivity index (χ0v) is 17.2. The molecule has 0 amide bonds. The van der Waals surface area contributed by atoms with Gasteiger partial charge < -0.3 is 10.6 Å². The fourth-order valence-electron chi connectivity index (χ4n) is 2.99. The molecule has 2 N–H and O–H groups in total. The van der Waals surface area contributed by atoms with Crippen molar-refractivity contribution in [2.24, 2.45) is 0 Å². The molecule has 1 unspecified atom stereocenters. The Morgan fingerprint density at radius 1 is 0.967 bits per heavy atom. The first-order valence-corrected chi connectivity index (χ1v) is 9.97. The van der Waals surface area contributed by atoms with E-state index in [4.69, 9.17) is 0 Å². The smallest absolute Gasteiger partial charge is 0.340 e. The number of rotatable bonds is 7. The number of hydrogen-bond donors (Lipinski definition) is 2. The van der Waals surface area contributed by atoms with Crippen LogP contribution in [0.5, 0.6) is 0 Å². The van der Waals surface area contributed by atoms with E-state index in [1.54, 1.807) is 6.07 Å². The van der Waals surface area contributed by atoms with Crippen LogP contribution >= 0.6 is 0 Å². The van der Waals surface area contributed by atoms with E-state index in [1.807, 2.05) is 42.5 Å². The van der Waals surface area contributed by atoms with Gasteiger partial charge >= 0.3 is 6.18 Å².